The maximum Gasteiger partial charge on any atom is 0.257 e. The monoisotopic (exact) mass is 642 g/mol. The molecule has 8 rings (SSSR count). The second kappa shape index (κ2) is 11.8. The lowest BCUT2D eigenvalue weighted by molar-refractivity contribution is 0.0639. The van der Waals surface area contributed by atoms with Crippen LogP contribution >= 0.6 is 11.3 Å². The minimum Gasteiger partial charge on any atom is -0.421 e. The number of amides is 1. The van der Waals surface area contributed by atoms with E-state index in [4.69, 9.17) is 14.1 Å². The fourth-order valence-corrected chi connectivity index (χ4v) is 8.21. The van der Waals surface area contributed by atoms with Gasteiger partial charge in [-0.1, -0.05) is 6.07 Å². The second-order valence-electron chi connectivity index (χ2n) is 12.2. The fourth-order valence-electron chi connectivity index (χ4n) is 7.03. The number of carbonyl (C=O) groups excluding carboxylic acids is 1. The lowest BCUT2D eigenvalue weighted by atomic mass is 9.90. The van der Waals surface area contributed by atoms with Crippen LogP contribution in [0.3, 0.4) is 0 Å². The summed E-state index contributed by atoms with van der Waals surface area (Å²) in [5.74, 6) is 0.160. The number of thiophene rings is 1. The molecule has 1 amide bonds. The molecule has 0 bridgehead atoms. The highest BCUT2D eigenvalue weighted by molar-refractivity contribution is 7.23. The normalized spacial score (nSPS) is 18.0. The molecule has 5 aromatic rings. The van der Waals surface area contributed by atoms with Crippen molar-refractivity contribution in [2.45, 2.75) is 58.0 Å². The standard InChI is InChI=1S/C34H32F2N6O3S/c1-18-40-41-33(45-18)27-24(7-5-19-9-13-44-14-10-19)39-30-25-3-2-12-42(25)34(43)29(30)28(27)26-16-21-8-11-37-32(31(21)46-26)38-17-20-4-6-22(35)23(36)15-20/h4,6,8,11,15-16,19,25H,2-3,5,7,9-10,12-14,17H2,1H3,(H,37,38)/t25-/m0/s1. The SMILES string of the molecule is Cc1nnc(-c2c(CCC3CCOCC3)nc3c(c2-c2cc4ccnc(NCc5ccc(F)c(F)c5)c4s2)C(=O)N2CCC[C@@H]32)o1. The number of aryl methyl sites for hydroxylation is 2. The van der Waals surface area contributed by atoms with Crippen LogP contribution in [0.25, 0.3) is 32.0 Å². The number of ether oxygens (including phenoxy) is 1. The summed E-state index contributed by atoms with van der Waals surface area (Å²) in [5, 5.41) is 12.8. The molecular formula is C34H32F2N6O3S. The molecule has 12 heteroatoms. The second-order valence-corrected chi connectivity index (χ2v) is 13.3. The predicted octanol–water partition coefficient (Wildman–Crippen LogP) is 7.26. The average molecular weight is 643 g/mol. The summed E-state index contributed by atoms with van der Waals surface area (Å²) in [6.45, 7) is 4.28. The number of carbonyl (C=O) groups is 1. The van der Waals surface area contributed by atoms with E-state index in [1.165, 1.54) is 17.4 Å². The van der Waals surface area contributed by atoms with Crippen molar-refractivity contribution in [1.82, 2.24) is 25.1 Å². The first-order valence-corrected chi connectivity index (χ1v) is 16.6. The van der Waals surface area contributed by atoms with Crippen LogP contribution in [0.1, 0.15) is 71.3 Å². The van der Waals surface area contributed by atoms with Gasteiger partial charge in [0.2, 0.25) is 11.8 Å². The zero-order valence-corrected chi connectivity index (χ0v) is 26.1. The molecule has 2 saturated heterocycles. The van der Waals surface area contributed by atoms with Crippen LogP contribution in [0.15, 0.2) is 40.9 Å². The summed E-state index contributed by atoms with van der Waals surface area (Å²) in [6, 6.07) is 7.82. The largest absolute Gasteiger partial charge is 0.421 e. The number of hydrogen-bond donors (Lipinski definition) is 1. The van der Waals surface area contributed by atoms with Gasteiger partial charge in [-0.15, -0.1) is 21.5 Å². The number of rotatable bonds is 8. The first-order valence-electron chi connectivity index (χ1n) is 15.8. The molecule has 7 heterocycles. The third-order valence-electron chi connectivity index (χ3n) is 9.34. The minimum absolute atomic E-state index is 0.0132. The number of halogens is 2. The van der Waals surface area contributed by atoms with Crippen molar-refractivity contribution in [2.75, 3.05) is 25.1 Å². The maximum absolute atomic E-state index is 14.1. The van der Waals surface area contributed by atoms with E-state index < -0.39 is 11.6 Å². The van der Waals surface area contributed by atoms with Crippen LogP contribution in [0.2, 0.25) is 0 Å². The Kier molecular flexibility index (Phi) is 7.48. The van der Waals surface area contributed by atoms with E-state index >= 15 is 0 Å². The van der Waals surface area contributed by atoms with Crippen molar-refractivity contribution in [1.29, 1.82) is 0 Å². The summed E-state index contributed by atoms with van der Waals surface area (Å²) in [6.07, 6.45) is 7.26. The molecule has 0 aliphatic carbocycles. The van der Waals surface area contributed by atoms with Crippen LogP contribution in [-0.2, 0) is 17.7 Å². The van der Waals surface area contributed by atoms with Crippen molar-refractivity contribution in [3.63, 3.8) is 0 Å². The highest BCUT2D eigenvalue weighted by Crippen LogP contribution is 2.50. The first kappa shape index (κ1) is 29.1. The smallest absolute Gasteiger partial charge is 0.257 e. The average Bonchev–Trinajstić information content (AvgIpc) is 3.86. The van der Waals surface area contributed by atoms with E-state index in [9.17, 15) is 13.6 Å². The van der Waals surface area contributed by atoms with Crippen LogP contribution in [0, 0.1) is 24.5 Å². The Balaban J connectivity index is 1.26. The molecule has 3 aliphatic heterocycles. The number of nitrogens with one attached hydrogen (secondary N) is 1. The fraction of sp³-hybridized carbons (Fsp3) is 0.382. The van der Waals surface area contributed by atoms with Crippen molar-refractivity contribution in [3.05, 3.63) is 76.6 Å². The van der Waals surface area contributed by atoms with Gasteiger partial charge in [0.05, 0.1) is 33.3 Å². The van der Waals surface area contributed by atoms with Crippen molar-refractivity contribution >= 4 is 33.1 Å². The van der Waals surface area contributed by atoms with Gasteiger partial charge in [-0.3, -0.25) is 9.78 Å². The highest BCUT2D eigenvalue weighted by Gasteiger charge is 2.45. The van der Waals surface area contributed by atoms with E-state index in [2.05, 4.69) is 26.6 Å². The molecule has 2 fully saturated rings. The van der Waals surface area contributed by atoms with Gasteiger partial charge in [0.1, 0.15) is 5.82 Å². The predicted molar refractivity (Wildman–Crippen MR) is 169 cm³/mol. The number of pyridine rings is 2. The molecular weight excluding hydrogens is 610 g/mol. The van der Waals surface area contributed by atoms with E-state index in [-0.39, 0.29) is 18.5 Å². The third-order valence-corrected chi connectivity index (χ3v) is 10.5. The summed E-state index contributed by atoms with van der Waals surface area (Å²) >= 11 is 1.52. The van der Waals surface area contributed by atoms with E-state index in [1.807, 2.05) is 11.0 Å². The number of benzene rings is 1. The number of nitrogens with zero attached hydrogens (tertiary/aromatic N) is 5. The van der Waals surface area contributed by atoms with E-state index in [1.54, 1.807) is 19.2 Å². The van der Waals surface area contributed by atoms with Gasteiger partial charge < -0.3 is 19.4 Å². The van der Waals surface area contributed by atoms with Gasteiger partial charge in [-0.25, -0.2) is 13.8 Å². The Morgan fingerprint density at radius 1 is 1.04 bits per heavy atom. The maximum atomic E-state index is 14.1. The number of hydrogen-bond acceptors (Lipinski definition) is 9. The molecule has 0 spiro atoms. The summed E-state index contributed by atoms with van der Waals surface area (Å²) in [5.41, 5.74) is 4.42. The number of anilines is 1. The van der Waals surface area contributed by atoms with E-state index in [0.717, 1.165) is 95.3 Å². The van der Waals surface area contributed by atoms with Gasteiger partial charge >= 0.3 is 0 Å². The van der Waals surface area contributed by atoms with Crippen molar-refractivity contribution < 1.29 is 22.7 Å². The Hall–Kier alpha value is -4.29. The van der Waals surface area contributed by atoms with Gasteiger partial charge in [0, 0.05) is 49.9 Å². The lowest BCUT2D eigenvalue weighted by Crippen LogP contribution is -2.22. The molecule has 4 aromatic heterocycles. The summed E-state index contributed by atoms with van der Waals surface area (Å²) in [7, 11) is 0. The van der Waals surface area contributed by atoms with Crippen LogP contribution < -0.4 is 5.32 Å². The quantitative estimate of drug-likeness (QED) is 0.189. The molecule has 1 N–H and O–H groups in total. The molecule has 236 valence electrons. The minimum atomic E-state index is -0.892. The van der Waals surface area contributed by atoms with Gasteiger partial charge in [0.25, 0.3) is 5.91 Å². The van der Waals surface area contributed by atoms with E-state index in [0.29, 0.717) is 41.2 Å². The molecule has 0 radical (unpaired) electrons. The lowest BCUT2D eigenvalue weighted by Gasteiger charge is -2.22. The molecule has 3 aliphatic rings. The molecule has 1 atom stereocenters. The van der Waals surface area contributed by atoms with Crippen LogP contribution in [-0.4, -0.2) is 50.7 Å². The highest BCUT2D eigenvalue weighted by atomic mass is 32.1. The molecule has 1 aromatic carbocycles. The molecule has 0 saturated carbocycles. The topological polar surface area (TPSA) is 106 Å². The van der Waals surface area contributed by atoms with Gasteiger partial charge in [0.15, 0.2) is 11.6 Å². The van der Waals surface area contributed by atoms with Crippen molar-refractivity contribution in [3.8, 4) is 21.9 Å². The Bertz CT molecular complexity index is 1970. The first-order chi connectivity index (χ1) is 22.4. The van der Waals surface area contributed by atoms with Gasteiger partial charge in [-0.05, 0) is 79.7 Å². The Morgan fingerprint density at radius 3 is 2.72 bits per heavy atom. The summed E-state index contributed by atoms with van der Waals surface area (Å²) < 4.78 is 39.9. The zero-order valence-electron chi connectivity index (χ0n) is 25.3. The summed E-state index contributed by atoms with van der Waals surface area (Å²) in [4.78, 5) is 26.8. The third kappa shape index (κ3) is 5.13. The number of aromatic nitrogens is 4. The molecule has 0 unspecified atom stereocenters. The van der Waals surface area contributed by atoms with Crippen LogP contribution in [0.4, 0.5) is 14.6 Å². The Labute approximate surface area is 268 Å². The molecule has 46 heavy (non-hydrogen) atoms. The van der Waals surface area contributed by atoms with Crippen molar-refractivity contribution in [2.24, 2.45) is 5.92 Å². The van der Waals surface area contributed by atoms with Gasteiger partial charge in [-0.2, -0.15) is 0 Å². The molecule has 9 nitrogen and oxygen atoms in total. The Morgan fingerprint density at radius 2 is 1.91 bits per heavy atom. The van der Waals surface area contributed by atoms with Crippen LogP contribution in [0.5, 0.6) is 0 Å². The number of fused-ring (bicyclic) bond motifs is 4. The zero-order chi connectivity index (χ0) is 31.4.